The maximum absolute atomic E-state index is 13.0. The molecule has 1 aliphatic heterocycles. The molecule has 0 spiro atoms. The standard InChI is InChI=1S/C48H95NO9/c1-3-5-7-9-11-13-15-17-18-19-20-21-22-23-25-27-29-31-33-35-37-43(52)49-40(39-57-48-47(56)46(55)45(54)42(38-50)58-48)44(53)41(51)36-34-32-30-28-26-24-16-14-12-10-8-6-4-2/h40-42,44-48,50-51,53-56H,3-39H2,1-2H3,(H,49,52)/t40-,41+,42+,44-,45-,46?,47?,48+/m0/s1. The van der Waals surface area contributed by atoms with Gasteiger partial charge >= 0.3 is 0 Å². The van der Waals surface area contributed by atoms with Crippen LogP contribution in [0.3, 0.4) is 0 Å². The number of hydrogen-bond donors (Lipinski definition) is 7. The molecule has 58 heavy (non-hydrogen) atoms. The Balaban J connectivity index is 2.32. The van der Waals surface area contributed by atoms with Crippen molar-refractivity contribution in [1.82, 2.24) is 5.32 Å². The summed E-state index contributed by atoms with van der Waals surface area (Å²) in [5, 5.41) is 65.2. The van der Waals surface area contributed by atoms with Crippen LogP contribution in [0.1, 0.15) is 239 Å². The summed E-state index contributed by atoms with van der Waals surface area (Å²) in [5.41, 5.74) is 0. The van der Waals surface area contributed by atoms with Crippen LogP contribution in [0.5, 0.6) is 0 Å². The van der Waals surface area contributed by atoms with Gasteiger partial charge in [0.25, 0.3) is 0 Å². The number of aliphatic hydroxyl groups is 6. The van der Waals surface area contributed by atoms with Gasteiger partial charge < -0.3 is 45.4 Å². The van der Waals surface area contributed by atoms with E-state index in [0.717, 1.165) is 38.5 Å². The third kappa shape index (κ3) is 28.6. The summed E-state index contributed by atoms with van der Waals surface area (Å²) >= 11 is 0. The molecule has 0 aromatic carbocycles. The van der Waals surface area contributed by atoms with E-state index in [-0.39, 0.29) is 18.9 Å². The Morgan fingerprint density at radius 3 is 1.28 bits per heavy atom. The van der Waals surface area contributed by atoms with E-state index in [1.165, 1.54) is 173 Å². The first kappa shape index (κ1) is 55.2. The molecule has 1 fully saturated rings. The SMILES string of the molecule is CCCCCCCCCCCCCCCCCCCCCCC(=O)N[C@@H](CO[C@@H]1O[C@H](CO)[C@H](O)C(O)C1O)[C@H](O)[C@H](O)CCCCCCCCCCCCCCC. The Bertz CT molecular complexity index is 895. The molecule has 2 unspecified atom stereocenters. The monoisotopic (exact) mass is 830 g/mol. The van der Waals surface area contributed by atoms with Gasteiger partial charge in [0.1, 0.15) is 30.5 Å². The Morgan fingerprint density at radius 2 is 0.897 bits per heavy atom. The lowest BCUT2D eigenvalue weighted by Gasteiger charge is -2.40. The van der Waals surface area contributed by atoms with Crippen molar-refractivity contribution < 1.29 is 44.9 Å². The predicted molar refractivity (Wildman–Crippen MR) is 237 cm³/mol. The average molecular weight is 830 g/mol. The van der Waals surface area contributed by atoms with E-state index in [4.69, 9.17) is 9.47 Å². The highest BCUT2D eigenvalue weighted by atomic mass is 16.7. The van der Waals surface area contributed by atoms with E-state index in [1.807, 2.05) is 0 Å². The Hall–Kier alpha value is -0.850. The molecule has 1 saturated heterocycles. The van der Waals surface area contributed by atoms with Gasteiger partial charge in [0.15, 0.2) is 6.29 Å². The highest BCUT2D eigenvalue weighted by Gasteiger charge is 2.44. The number of carbonyl (C=O) groups excluding carboxylic acids is 1. The van der Waals surface area contributed by atoms with Crippen molar-refractivity contribution in [1.29, 1.82) is 0 Å². The first-order chi connectivity index (χ1) is 28.3. The molecule has 0 aromatic heterocycles. The van der Waals surface area contributed by atoms with E-state index in [1.54, 1.807) is 0 Å². The molecule has 0 saturated carbocycles. The van der Waals surface area contributed by atoms with Crippen LogP contribution in [0.4, 0.5) is 0 Å². The molecule has 1 amide bonds. The predicted octanol–water partition coefficient (Wildman–Crippen LogP) is 9.70. The first-order valence-electron chi connectivity index (χ1n) is 24.8. The quantitative estimate of drug-likeness (QED) is 0.0296. The number of rotatable bonds is 42. The van der Waals surface area contributed by atoms with Crippen LogP contribution >= 0.6 is 0 Å². The lowest BCUT2D eigenvalue weighted by Crippen LogP contribution is -2.60. The molecule has 0 radical (unpaired) electrons. The topological polar surface area (TPSA) is 169 Å². The van der Waals surface area contributed by atoms with Crippen LogP contribution in [0, 0.1) is 0 Å². The number of aliphatic hydroxyl groups excluding tert-OH is 6. The van der Waals surface area contributed by atoms with Gasteiger partial charge in [-0.2, -0.15) is 0 Å². The van der Waals surface area contributed by atoms with Gasteiger partial charge in [-0.05, 0) is 12.8 Å². The van der Waals surface area contributed by atoms with Crippen LogP contribution in [0.25, 0.3) is 0 Å². The summed E-state index contributed by atoms with van der Waals surface area (Å²) < 4.78 is 11.2. The first-order valence-corrected chi connectivity index (χ1v) is 24.8. The highest BCUT2D eigenvalue weighted by Crippen LogP contribution is 2.23. The van der Waals surface area contributed by atoms with Crippen molar-refractivity contribution in [2.75, 3.05) is 13.2 Å². The second-order valence-electron chi connectivity index (χ2n) is 17.8. The maximum Gasteiger partial charge on any atom is 0.220 e. The molecule has 10 heteroatoms. The minimum Gasteiger partial charge on any atom is -0.394 e. The van der Waals surface area contributed by atoms with E-state index < -0.39 is 55.6 Å². The summed E-state index contributed by atoms with van der Waals surface area (Å²) in [7, 11) is 0. The van der Waals surface area contributed by atoms with Gasteiger partial charge in [-0.1, -0.05) is 219 Å². The minimum absolute atomic E-state index is 0.253. The normalized spacial score (nSPS) is 21.3. The lowest BCUT2D eigenvalue weighted by molar-refractivity contribution is -0.303. The molecule has 346 valence electrons. The second-order valence-corrected chi connectivity index (χ2v) is 17.8. The number of hydrogen-bond acceptors (Lipinski definition) is 9. The number of nitrogens with one attached hydrogen (secondary N) is 1. The van der Waals surface area contributed by atoms with Crippen LogP contribution in [-0.4, -0.2) is 98.7 Å². The van der Waals surface area contributed by atoms with Crippen molar-refractivity contribution in [2.45, 2.75) is 288 Å². The number of amides is 1. The molecule has 1 aliphatic rings. The summed E-state index contributed by atoms with van der Waals surface area (Å²) in [5.74, 6) is -0.253. The van der Waals surface area contributed by atoms with Crippen molar-refractivity contribution in [3.8, 4) is 0 Å². The maximum atomic E-state index is 13.0. The third-order valence-corrected chi connectivity index (χ3v) is 12.3. The van der Waals surface area contributed by atoms with Crippen LogP contribution in [-0.2, 0) is 14.3 Å². The zero-order valence-corrected chi connectivity index (χ0v) is 37.7. The zero-order chi connectivity index (χ0) is 42.5. The van der Waals surface area contributed by atoms with Gasteiger partial charge in [-0.25, -0.2) is 0 Å². The van der Waals surface area contributed by atoms with E-state index in [0.29, 0.717) is 6.42 Å². The van der Waals surface area contributed by atoms with Crippen molar-refractivity contribution in [3.63, 3.8) is 0 Å². The summed E-state index contributed by atoms with van der Waals surface area (Å²) in [4.78, 5) is 13.0. The molecule has 0 bridgehead atoms. The fourth-order valence-corrected chi connectivity index (χ4v) is 8.26. The lowest BCUT2D eigenvalue weighted by atomic mass is 9.98. The van der Waals surface area contributed by atoms with Crippen molar-refractivity contribution in [2.24, 2.45) is 0 Å². The van der Waals surface area contributed by atoms with Crippen LogP contribution < -0.4 is 5.32 Å². The van der Waals surface area contributed by atoms with Gasteiger partial charge in [0.05, 0.1) is 25.4 Å². The van der Waals surface area contributed by atoms with E-state index in [2.05, 4.69) is 19.2 Å². The van der Waals surface area contributed by atoms with Crippen LogP contribution in [0.2, 0.25) is 0 Å². The second kappa shape index (κ2) is 39.0. The summed E-state index contributed by atoms with van der Waals surface area (Å²) in [6.45, 7) is 3.63. The van der Waals surface area contributed by atoms with Gasteiger partial charge in [-0.15, -0.1) is 0 Å². The smallest absolute Gasteiger partial charge is 0.220 e. The van der Waals surface area contributed by atoms with E-state index in [9.17, 15) is 35.4 Å². The molecule has 7 N–H and O–H groups in total. The molecule has 10 nitrogen and oxygen atoms in total. The molecular formula is C48H95NO9. The number of ether oxygens (including phenoxy) is 2. The summed E-state index contributed by atoms with van der Waals surface area (Å²) in [6.07, 6.45) is 32.5. The molecule has 1 rings (SSSR count). The summed E-state index contributed by atoms with van der Waals surface area (Å²) in [6, 6.07) is -0.984. The Labute approximate surface area is 356 Å². The third-order valence-electron chi connectivity index (χ3n) is 12.3. The molecule has 1 heterocycles. The zero-order valence-electron chi connectivity index (χ0n) is 37.7. The molecule has 0 aromatic rings. The minimum atomic E-state index is -1.60. The fraction of sp³-hybridized carbons (Fsp3) is 0.979. The van der Waals surface area contributed by atoms with Gasteiger partial charge in [-0.3, -0.25) is 4.79 Å². The Kier molecular flexibility index (Phi) is 37.1. The molecule has 0 aliphatic carbocycles. The molecule has 8 atom stereocenters. The van der Waals surface area contributed by atoms with Crippen molar-refractivity contribution in [3.05, 3.63) is 0 Å². The van der Waals surface area contributed by atoms with Crippen LogP contribution in [0.15, 0.2) is 0 Å². The van der Waals surface area contributed by atoms with Crippen molar-refractivity contribution >= 4 is 5.91 Å². The largest absolute Gasteiger partial charge is 0.394 e. The van der Waals surface area contributed by atoms with E-state index >= 15 is 0 Å². The fourth-order valence-electron chi connectivity index (χ4n) is 8.26. The number of unbranched alkanes of at least 4 members (excludes halogenated alkanes) is 31. The number of carbonyl (C=O) groups is 1. The Morgan fingerprint density at radius 1 is 0.534 bits per heavy atom. The van der Waals surface area contributed by atoms with Gasteiger partial charge in [0.2, 0.25) is 5.91 Å². The van der Waals surface area contributed by atoms with Gasteiger partial charge in [0, 0.05) is 6.42 Å². The molecular weight excluding hydrogens is 735 g/mol. The average Bonchev–Trinajstić information content (AvgIpc) is 3.22. The highest BCUT2D eigenvalue weighted by molar-refractivity contribution is 5.76.